The summed E-state index contributed by atoms with van der Waals surface area (Å²) in [6.07, 6.45) is 9.19. The summed E-state index contributed by atoms with van der Waals surface area (Å²) in [4.78, 5) is 0. The van der Waals surface area contributed by atoms with Crippen LogP contribution < -0.4 is 22.5 Å². The highest BCUT2D eigenvalue weighted by molar-refractivity contribution is 5.19. The van der Waals surface area contributed by atoms with Crippen LogP contribution >= 0.6 is 0 Å². The maximum Gasteiger partial charge on any atom is 0.0867 e. The lowest BCUT2D eigenvalue weighted by Crippen LogP contribution is -2.49. The molecule has 0 fully saturated rings. The lowest BCUT2D eigenvalue weighted by molar-refractivity contribution is 0.442. The second-order valence-electron chi connectivity index (χ2n) is 3.09. The summed E-state index contributed by atoms with van der Waals surface area (Å²) in [6, 6.07) is 0. The van der Waals surface area contributed by atoms with E-state index in [1.807, 2.05) is 0 Å². The molecular formula is C10H22N4. The molecule has 0 radical (unpaired) electrons. The van der Waals surface area contributed by atoms with Gasteiger partial charge in [0, 0.05) is 6.42 Å². The van der Waals surface area contributed by atoms with Gasteiger partial charge in [0.2, 0.25) is 0 Å². The number of allylic oxidation sites excluding steroid dienone is 3. The third-order valence-corrected chi connectivity index (χ3v) is 1.88. The summed E-state index contributed by atoms with van der Waals surface area (Å²) in [6.45, 7) is 4.22. The van der Waals surface area contributed by atoms with Crippen molar-refractivity contribution in [1.82, 2.24) is 10.9 Å². The summed E-state index contributed by atoms with van der Waals surface area (Å²) < 4.78 is 0. The molecule has 0 heterocycles. The van der Waals surface area contributed by atoms with Crippen molar-refractivity contribution in [3.63, 3.8) is 0 Å². The fourth-order valence-corrected chi connectivity index (χ4v) is 1.15. The van der Waals surface area contributed by atoms with Gasteiger partial charge in [0.05, 0.1) is 6.17 Å². The first-order valence-electron chi connectivity index (χ1n) is 5.06. The molecule has 4 heteroatoms. The highest BCUT2D eigenvalue weighted by Gasteiger charge is 2.04. The molecular weight excluding hydrogens is 176 g/mol. The Hall–Kier alpha value is -0.680. The normalized spacial score (nSPS) is 13.1. The van der Waals surface area contributed by atoms with Crippen molar-refractivity contribution in [3.05, 3.63) is 23.8 Å². The van der Waals surface area contributed by atoms with E-state index in [0.717, 1.165) is 19.3 Å². The van der Waals surface area contributed by atoms with Crippen molar-refractivity contribution in [3.8, 4) is 0 Å². The number of nitrogens with one attached hydrogen (secondary N) is 2. The van der Waals surface area contributed by atoms with Gasteiger partial charge in [-0.15, -0.1) is 0 Å². The average Bonchev–Trinajstić information content (AvgIpc) is 2.22. The third kappa shape index (κ3) is 5.88. The van der Waals surface area contributed by atoms with Crippen molar-refractivity contribution in [2.45, 2.75) is 39.3 Å². The van der Waals surface area contributed by atoms with Crippen LogP contribution in [-0.4, -0.2) is 6.17 Å². The summed E-state index contributed by atoms with van der Waals surface area (Å²) in [5.74, 6) is 10.6. The Balaban J connectivity index is 4.21. The molecule has 6 N–H and O–H groups in total. The van der Waals surface area contributed by atoms with E-state index in [2.05, 4.69) is 42.9 Å². The van der Waals surface area contributed by atoms with Gasteiger partial charge in [-0.05, 0) is 18.4 Å². The van der Waals surface area contributed by atoms with Gasteiger partial charge < -0.3 is 0 Å². The molecule has 0 saturated carbocycles. The Morgan fingerprint density at radius 2 is 1.86 bits per heavy atom. The van der Waals surface area contributed by atoms with Crippen molar-refractivity contribution in [1.29, 1.82) is 0 Å². The van der Waals surface area contributed by atoms with Gasteiger partial charge >= 0.3 is 0 Å². The molecule has 0 spiro atoms. The van der Waals surface area contributed by atoms with Gasteiger partial charge in [-0.3, -0.25) is 11.7 Å². The summed E-state index contributed by atoms with van der Waals surface area (Å²) in [5, 5.41) is 0. The minimum absolute atomic E-state index is 0.0747. The monoisotopic (exact) mass is 198 g/mol. The number of nitrogens with two attached hydrogens (primary N) is 2. The zero-order chi connectivity index (χ0) is 10.8. The van der Waals surface area contributed by atoms with Crippen molar-refractivity contribution >= 4 is 0 Å². The number of hydrogen-bond donors (Lipinski definition) is 4. The van der Waals surface area contributed by atoms with Gasteiger partial charge in [-0.25, -0.2) is 10.9 Å². The second kappa shape index (κ2) is 8.90. The first kappa shape index (κ1) is 13.3. The SMILES string of the molecule is CCC=CC(=CCC)CC(NN)NN. The number of hydrogen-bond acceptors (Lipinski definition) is 4. The molecule has 0 atom stereocenters. The molecule has 82 valence electrons. The van der Waals surface area contributed by atoms with E-state index in [-0.39, 0.29) is 6.17 Å². The van der Waals surface area contributed by atoms with Crippen LogP contribution in [-0.2, 0) is 0 Å². The van der Waals surface area contributed by atoms with Crippen LogP contribution in [0.3, 0.4) is 0 Å². The van der Waals surface area contributed by atoms with E-state index >= 15 is 0 Å². The molecule has 0 aliphatic carbocycles. The number of rotatable bonds is 7. The van der Waals surface area contributed by atoms with Gasteiger partial charge in [0.1, 0.15) is 0 Å². The van der Waals surface area contributed by atoms with Crippen LogP contribution in [0, 0.1) is 0 Å². The topological polar surface area (TPSA) is 76.1 Å². The zero-order valence-electron chi connectivity index (χ0n) is 9.09. The fraction of sp³-hybridized carbons (Fsp3) is 0.600. The minimum atomic E-state index is -0.0747. The van der Waals surface area contributed by atoms with E-state index in [9.17, 15) is 0 Å². The Labute approximate surface area is 86.4 Å². The van der Waals surface area contributed by atoms with Crippen LogP contribution in [0.5, 0.6) is 0 Å². The minimum Gasteiger partial charge on any atom is -0.270 e. The van der Waals surface area contributed by atoms with Gasteiger partial charge in [-0.1, -0.05) is 32.1 Å². The van der Waals surface area contributed by atoms with Crippen molar-refractivity contribution in [2.24, 2.45) is 11.7 Å². The van der Waals surface area contributed by atoms with Crippen LogP contribution in [0.1, 0.15) is 33.1 Å². The molecule has 0 aliphatic rings. The van der Waals surface area contributed by atoms with E-state index in [0.29, 0.717) is 0 Å². The van der Waals surface area contributed by atoms with Crippen molar-refractivity contribution in [2.75, 3.05) is 0 Å². The maximum absolute atomic E-state index is 5.31. The largest absolute Gasteiger partial charge is 0.270 e. The predicted molar refractivity (Wildman–Crippen MR) is 60.9 cm³/mol. The molecule has 0 unspecified atom stereocenters. The second-order valence-corrected chi connectivity index (χ2v) is 3.09. The Bertz CT molecular complexity index is 183. The highest BCUT2D eigenvalue weighted by atomic mass is 15.4. The van der Waals surface area contributed by atoms with Gasteiger partial charge in [0.15, 0.2) is 0 Å². The third-order valence-electron chi connectivity index (χ3n) is 1.88. The first-order chi connectivity index (χ1) is 6.78. The zero-order valence-corrected chi connectivity index (χ0v) is 9.09. The molecule has 0 bridgehead atoms. The first-order valence-corrected chi connectivity index (χ1v) is 5.06. The number of hydrazine groups is 2. The smallest absolute Gasteiger partial charge is 0.0867 e. The molecule has 0 aromatic heterocycles. The summed E-state index contributed by atoms with van der Waals surface area (Å²) in [5.41, 5.74) is 6.46. The fourth-order valence-electron chi connectivity index (χ4n) is 1.15. The molecule has 4 nitrogen and oxygen atoms in total. The molecule has 0 aromatic rings. The molecule has 0 aromatic carbocycles. The lowest BCUT2D eigenvalue weighted by Gasteiger charge is -2.14. The standard InChI is InChI=1S/C10H22N4/c1-3-5-7-9(6-4-2)8-10(13-11)14-12/h5-7,10,13-14H,3-4,8,11-12H2,1-2H3. The predicted octanol–water partition coefficient (Wildman–Crippen LogP) is 0.932. The molecule has 0 rings (SSSR count). The highest BCUT2D eigenvalue weighted by Crippen LogP contribution is 2.07. The van der Waals surface area contributed by atoms with Crippen LogP contribution in [0.25, 0.3) is 0 Å². The Morgan fingerprint density at radius 1 is 1.21 bits per heavy atom. The van der Waals surface area contributed by atoms with Crippen LogP contribution in [0.4, 0.5) is 0 Å². The summed E-state index contributed by atoms with van der Waals surface area (Å²) >= 11 is 0. The Kier molecular flexibility index (Phi) is 8.47. The van der Waals surface area contributed by atoms with Gasteiger partial charge in [-0.2, -0.15) is 0 Å². The molecule has 0 aliphatic heterocycles. The molecule has 0 amide bonds. The van der Waals surface area contributed by atoms with Crippen molar-refractivity contribution < 1.29 is 0 Å². The van der Waals surface area contributed by atoms with Crippen LogP contribution in [0.15, 0.2) is 23.8 Å². The average molecular weight is 198 g/mol. The Morgan fingerprint density at radius 3 is 2.29 bits per heavy atom. The molecule has 0 saturated heterocycles. The quantitative estimate of drug-likeness (QED) is 0.212. The van der Waals surface area contributed by atoms with E-state index in [1.165, 1.54) is 5.57 Å². The van der Waals surface area contributed by atoms with E-state index in [4.69, 9.17) is 11.7 Å². The van der Waals surface area contributed by atoms with Gasteiger partial charge in [0.25, 0.3) is 0 Å². The lowest BCUT2D eigenvalue weighted by atomic mass is 10.1. The van der Waals surface area contributed by atoms with E-state index < -0.39 is 0 Å². The summed E-state index contributed by atoms with van der Waals surface area (Å²) in [7, 11) is 0. The van der Waals surface area contributed by atoms with Crippen LogP contribution in [0.2, 0.25) is 0 Å². The van der Waals surface area contributed by atoms with E-state index in [1.54, 1.807) is 0 Å². The molecule has 14 heavy (non-hydrogen) atoms. The maximum atomic E-state index is 5.31.